The maximum absolute atomic E-state index is 8.34. The lowest BCUT2D eigenvalue weighted by Crippen LogP contribution is -2.50. The number of nitrogens with two attached hydrogens (primary N) is 2. The van der Waals surface area contributed by atoms with E-state index in [1.807, 2.05) is 6.92 Å². The highest BCUT2D eigenvalue weighted by atomic mass is 16.3. The Balaban J connectivity index is -0.000000177. The third-order valence-electron chi connectivity index (χ3n) is 1.31. The van der Waals surface area contributed by atoms with Crippen LogP contribution < -0.4 is 16.8 Å². The molecular weight excluding hydrogens is 202 g/mol. The van der Waals surface area contributed by atoms with E-state index in [1.54, 1.807) is 0 Å². The summed E-state index contributed by atoms with van der Waals surface area (Å²) in [4.78, 5) is 0. The zero-order chi connectivity index (χ0) is 12.7. The molecule has 7 heteroatoms. The summed E-state index contributed by atoms with van der Waals surface area (Å²) in [6, 6.07) is 0. The molecule has 0 amide bonds. The van der Waals surface area contributed by atoms with E-state index in [0.717, 1.165) is 6.54 Å². The van der Waals surface area contributed by atoms with Crippen LogP contribution in [0.25, 0.3) is 0 Å². The molecule has 9 N–H and O–H groups in total. The predicted octanol–water partition coefficient (Wildman–Crippen LogP) is -3.22. The minimum absolute atomic E-state index is 0.0938. The quantitative estimate of drug-likeness (QED) is 0.245. The lowest BCUT2D eigenvalue weighted by molar-refractivity contribution is 0.0698. The van der Waals surface area contributed by atoms with Crippen LogP contribution in [0, 0.1) is 0 Å². The Kier molecular flexibility index (Phi) is 21.7. The summed E-state index contributed by atoms with van der Waals surface area (Å²) >= 11 is 0. The number of rotatable bonds is 5. The molecule has 0 radical (unpaired) electrons. The highest BCUT2D eigenvalue weighted by Gasteiger charge is 2.20. The maximum atomic E-state index is 8.34. The standard InChI is InChI=1S/C4H11NO3.C3H9NO.CH5N/c5-4(1-6,2-7)3-8;1-2-4-3-5;1-2/h6-8H,1-3,5H2;4-5H,2-3H2,1H3;2H2,1H3. The lowest BCUT2D eigenvalue weighted by atomic mass is 10.1. The Labute approximate surface area is 90.7 Å². The first-order chi connectivity index (χ1) is 7.10. The summed E-state index contributed by atoms with van der Waals surface area (Å²) in [7, 11) is 1.50. The molecule has 96 valence electrons. The number of hydrogen-bond donors (Lipinski definition) is 7. The van der Waals surface area contributed by atoms with Crippen LogP contribution in [0.15, 0.2) is 0 Å². The predicted molar refractivity (Wildman–Crippen MR) is 59.0 cm³/mol. The second kappa shape index (κ2) is 16.2. The average Bonchev–Trinajstić information content (AvgIpc) is 2.32. The minimum atomic E-state index is -1.21. The van der Waals surface area contributed by atoms with Gasteiger partial charge in [0.25, 0.3) is 0 Å². The molecule has 0 spiro atoms. The first-order valence-corrected chi connectivity index (χ1v) is 4.61. The van der Waals surface area contributed by atoms with Crippen LogP contribution in [0.1, 0.15) is 6.92 Å². The van der Waals surface area contributed by atoms with Crippen LogP contribution in [-0.2, 0) is 0 Å². The molecule has 15 heavy (non-hydrogen) atoms. The van der Waals surface area contributed by atoms with Crippen molar-refractivity contribution in [1.82, 2.24) is 5.32 Å². The average molecular weight is 227 g/mol. The Bertz CT molecular complexity index is 91.6. The Morgan fingerprint density at radius 2 is 1.33 bits per heavy atom. The van der Waals surface area contributed by atoms with Gasteiger partial charge in [-0.2, -0.15) is 0 Å². The monoisotopic (exact) mass is 227 g/mol. The molecule has 0 rings (SSSR count). The third-order valence-corrected chi connectivity index (χ3v) is 1.31. The van der Waals surface area contributed by atoms with E-state index in [2.05, 4.69) is 11.1 Å². The van der Waals surface area contributed by atoms with Crippen LogP contribution in [0.2, 0.25) is 0 Å². The van der Waals surface area contributed by atoms with Crippen molar-refractivity contribution in [2.75, 3.05) is 40.1 Å². The van der Waals surface area contributed by atoms with Crippen molar-refractivity contribution in [2.24, 2.45) is 11.5 Å². The Hall–Kier alpha value is -0.280. The van der Waals surface area contributed by atoms with E-state index < -0.39 is 25.4 Å². The van der Waals surface area contributed by atoms with Crippen molar-refractivity contribution in [1.29, 1.82) is 0 Å². The molecular formula is C8H25N3O4. The van der Waals surface area contributed by atoms with Gasteiger partial charge in [0, 0.05) is 0 Å². The summed E-state index contributed by atoms with van der Waals surface area (Å²) in [5.41, 5.74) is 8.44. The fourth-order valence-corrected chi connectivity index (χ4v) is 0.262. The van der Waals surface area contributed by atoms with Gasteiger partial charge in [-0.15, -0.1) is 0 Å². The summed E-state index contributed by atoms with van der Waals surface area (Å²) in [5.74, 6) is 0. The van der Waals surface area contributed by atoms with Gasteiger partial charge in [0.15, 0.2) is 0 Å². The minimum Gasteiger partial charge on any atom is -0.394 e. The summed E-state index contributed by atoms with van der Waals surface area (Å²) < 4.78 is 0. The summed E-state index contributed by atoms with van der Waals surface area (Å²) in [6.07, 6.45) is 0. The topological polar surface area (TPSA) is 145 Å². The first kappa shape index (κ1) is 20.2. The van der Waals surface area contributed by atoms with Crippen molar-refractivity contribution >= 4 is 0 Å². The van der Waals surface area contributed by atoms with E-state index >= 15 is 0 Å². The molecule has 0 atom stereocenters. The van der Waals surface area contributed by atoms with E-state index in [4.69, 9.17) is 26.2 Å². The number of aliphatic hydroxyl groups excluding tert-OH is 4. The Morgan fingerprint density at radius 3 is 1.33 bits per heavy atom. The van der Waals surface area contributed by atoms with Crippen molar-refractivity contribution in [2.45, 2.75) is 12.5 Å². The summed E-state index contributed by atoms with van der Waals surface area (Å²) in [5, 5.41) is 35.6. The van der Waals surface area contributed by atoms with Gasteiger partial charge in [-0.1, -0.05) is 6.92 Å². The van der Waals surface area contributed by atoms with E-state index in [0.29, 0.717) is 0 Å². The fraction of sp³-hybridized carbons (Fsp3) is 1.00. The van der Waals surface area contributed by atoms with Crippen LogP contribution in [0.4, 0.5) is 0 Å². The molecule has 0 aliphatic carbocycles. The molecule has 0 saturated carbocycles. The van der Waals surface area contributed by atoms with Gasteiger partial charge in [-0.3, -0.25) is 5.32 Å². The molecule has 0 heterocycles. The van der Waals surface area contributed by atoms with Gasteiger partial charge in [-0.05, 0) is 13.6 Å². The molecule has 7 nitrogen and oxygen atoms in total. The third kappa shape index (κ3) is 16.4. The van der Waals surface area contributed by atoms with Gasteiger partial charge < -0.3 is 31.9 Å². The SMILES string of the molecule is CCNCO.CN.NC(CO)(CO)CO. The second-order valence-corrected chi connectivity index (χ2v) is 2.60. The van der Waals surface area contributed by atoms with E-state index in [1.165, 1.54) is 7.05 Å². The second-order valence-electron chi connectivity index (χ2n) is 2.60. The van der Waals surface area contributed by atoms with Crippen molar-refractivity contribution < 1.29 is 20.4 Å². The molecule has 0 aromatic carbocycles. The first-order valence-electron chi connectivity index (χ1n) is 4.61. The molecule has 0 unspecified atom stereocenters. The fourth-order valence-electron chi connectivity index (χ4n) is 0.262. The molecule has 0 aliphatic heterocycles. The largest absolute Gasteiger partial charge is 0.394 e. The van der Waals surface area contributed by atoms with Gasteiger partial charge in [0.05, 0.1) is 32.1 Å². The highest BCUT2D eigenvalue weighted by molar-refractivity contribution is 4.80. The highest BCUT2D eigenvalue weighted by Crippen LogP contribution is 1.93. The van der Waals surface area contributed by atoms with Crippen LogP contribution in [-0.4, -0.2) is 66.1 Å². The lowest BCUT2D eigenvalue weighted by Gasteiger charge is -2.20. The van der Waals surface area contributed by atoms with Gasteiger partial charge in [0.2, 0.25) is 0 Å². The number of aliphatic hydroxyl groups is 4. The zero-order valence-electron chi connectivity index (χ0n) is 9.48. The van der Waals surface area contributed by atoms with Crippen molar-refractivity contribution in [3.05, 3.63) is 0 Å². The Morgan fingerprint density at radius 1 is 1.00 bits per heavy atom. The smallest absolute Gasteiger partial charge is 0.0931 e. The molecule has 0 fully saturated rings. The van der Waals surface area contributed by atoms with Crippen LogP contribution in [0.3, 0.4) is 0 Å². The molecule has 0 aromatic rings. The molecule has 0 aliphatic rings. The number of nitrogens with one attached hydrogen (secondary N) is 1. The number of hydrogen-bond acceptors (Lipinski definition) is 7. The molecule has 0 saturated heterocycles. The van der Waals surface area contributed by atoms with Crippen molar-refractivity contribution in [3.8, 4) is 0 Å². The van der Waals surface area contributed by atoms with Gasteiger partial charge >= 0.3 is 0 Å². The summed E-state index contributed by atoms with van der Waals surface area (Å²) in [6.45, 7) is 1.67. The van der Waals surface area contributed by atoms with Gasteiger partial charge in [-0.25, -0.2) is 0 Å². The van der Waals surface area contributed by atoms with E-state index in [-0.39, 0.29) is 6.73 Å². The zero-order valence-corrected chi connectivity index (χ0v) is 9.48. The molecule has 0 aromatic heterocycles. The van der Waals surface area contributed by atoms with Crippen LogP contribution in [0.5, 0.6) is 0 Å². The normalized spacial score (nSPS) is 9.60. The van der Waals surface area contributed by atoms with Gasteiger partial charge in [0.1, 0.15) is 0 Å². The van der Waals surface area contributed by atoms with Crippen molar-refractivity contribution in [3.63, 3.8) is 0 Å². The van der Waals surface area contributed by atoms with E-state index in [9.17, 15) is 0 Å². The molecule has 0 bridgehead atoms. The van der Waals surface area contributed by atoms with Crippen LogP contribution >= 0.6 is 0 Å². The maximum Gasteiger partial charge on any atom is 0.0931 e.